The van der Waals surface area contributed by atoms with Crippen molar-refractivity contribution in [1.29, 1.82) is 0 Å². The summed E-state index contributed by atoms with van der Waals surface area (Å²) in [6.07, 6.45) is -1.95. The molecule has 0 saturated carbocycles. The number of aliphatic hydroxyl groups is 3. The number of rotatable bonds is 4. The minimum Gasteiger partial charge on any atom is -0.493 e. The fourth-order valence-corrected chi connectivity index (χ4v) is 2.81. The molecule has 0 unspecified atom stereocenters. The summed E-state index contributed by atoms with van der Waals surface area (Å²) < 4.78 is 10.4. The van der Waals surface area contributed by atoms with Gasteiger partial charge in [-0.2, -0.15) is 0 Å². The van der Waals surface area contributed by atoms with Gasteiger partial charge in [0.25, 0.3) is 0 Å². The zero-order valence-electron chi connectivity index (χ0n) is 11.9. The number of likely N-dealkylation sites (N-methyl/N-ethyl adjacent to an activating group) is 1. The van der Waals surface area contributed by atoms with E-state index in [2.05, 4.69) is 0 Å². The molecule has 0 spiro atoms. The van der Waals surface area contributed by atoms with E-state index >= 15 is 0 Å². The first kappa shape index (κ1) is 15.1. The molecule has 1 aromatic carbocycles. The molecule has 6 nitrogen and oxygen atoms in total. The van der Waals surface area contributed by atoms with E-state index in [9.17, 15) is 15.3 Å². The van der Waals surface area contributed by atoms with Gasteiger partial charge in [0, 0.05) is 0 Å². The highest BCUT2D eigenvalue weighted by Gasteiger charge is 2.46. The van der Waals surface area contributed by atoms with Gasteiger partial charge in [0.2, 0.25) is 0 Å². The molecule has 4 atom stereocenters. The summed E-state index contributed by atoms with van der Waals surface area (Å²) in [4.78, 5) is 1.77. The molecule has 1 aliphatic heterocycles. The fourth-order valence-electron chi connectivity index (χ4n) is 2.81. The van der Waals surface area contributed by atoms with Crippen LogP contribution in [0.3, 0.4) is 0 Å². The van der Waals surface area contributed by atoms with Crippen molar-refractivity contribution in [2.75, 3.05) is 27.9 Å². The molecule has 1 saturated heterocycles. The van der Waals surface area contributed by atoms with Crippen LogP contribution in [0, 0.1) is 0 Å². The number of hydrogen-bond donors (Lipinski definition) is 3. The summed E-state index contributed by atoms with van der Waals surface area (Å²) in [5.41, 5.74) is 0.799. The first-order valence-corrected chi connectivity index (χ1v) is 6.46. The molecule has 0 aliphatic carbocycles. The van der Waals surface area contributed by atoms with Crippen molar-refractivity contribution < 1.29 is 24.8 Å². The topological polar surface area (TPSA) is 82.4 Å². The van der Waals surface area contributed by atoms with E-state index < -0.39 is 24.3 Å². The largest absolute Gasteiger partial charge is 0.493 e. The van der Waals surface area contributed by atoms with Gasteiger partial charge in [-0.15, -0.1) is 0 Å². The number of nitrogens with zero attached hydrogens (tertiary/aromatic N) is 1. The Balaban J connectivity index is 2.36. The van der Waals surface area contributed by atoms with Crippen LogP contribution in [0.4, 0.5) is 0 Å². The molecular formula is C14H21NO5. The molecule has 6 heteroatoms. The van der Waals surface area contributed by atoms with Gasteiger partial charge in [0.05, 0.1) is 39.0 Å². The van der Waals surface area contributed by atoms with E-state index in [1.165, 1.54) is 0 Å². The number of ether oxygens (including phenoxy) is 2. The molecule has 1 fully saturated rings. The van der Waals surface area contributed by atoms with Gasteiger partial charge in [-0.1, -0.05) is 6.07 Å². The van der Waals surface area contributed by atoms with Crippen LogP contribution in [0.5, 0.6) is 11.5 Å². The first-order valence-electron chi connectivity index (χ1n) is 6.46. The lowest BCUT2D eigenvalue weighted by Gasteiger charge is -2.25. The molecule has 0 amide bonds. The third kappa shape index (κ3) is 2.35. The molecule has 0 aromatic heterocycles. The van der Waals surface area contributed by atoms with Gasteiger partial charge in [-0.3, -0.25) is 4.90 Å². The Morgan fingerprint density at radius 2 is 1.75 bits per heavy atom. The maximum atomic E-state index is 10.2. The Morgan fingerprint density at radius 3 is 2.25 bits per heavy atom. The number of hydrogen-bond acceptors (Lipinski definition) is 6. The molecule has 1 heterocycles. The van der Waals surface area contributed by atoms with Crippen LogP contribution in [0.15, 0.2) is 18.2 Å². The number of aliphatic hydroxyl groups excluding tert-OH is 3. The highest BCUT2D eigenvalue weighted by atomic mass is 16.5. The minimum absolute atomic E-state index is 0.210. The monoisotopic (exact) mass is 283 g/mol. The molecule has 1 aromatic rings. The van der Waals surface area contributed by atoms with Crippen LogP contribution in [-0.4, -0.2) is 66.3 Å². The van der Waals surface area contributed by atoms with Crippen molar-refractivity contribution in [3.63, 3.8) is 0 Å². The quantitative estimate of drug-likeness (QED) is 0.708. The van der Waals surface area contributed by atoms with Gasteiger partial charge in [-0.25, -0.2) is 0 Å². The lowest BCUT2D eigenvalue weighted by Crippen LogP contribution is -2.37. The van der Waals surface area contributed by atoms with E-state index in [1.54, 1.807) is 38.3 Å². The average Bonchev–Trinajstić information content (AvgIpc) is 2.68. The lowest BCUT2D eigenvalue weighted by molar-refractivity contribution is 0.0184. The van der Waals surface area contributed by atoms with Crippen molar-refractivity contribution >= 4 is 0 Å². The van der Waals surface area contributed by atoms with Gasteiger partial charge < -0.3 is 24.8 Å². The molecule has 1 aliphatic rings. The standard InChI is InChI=1S/C14H21NO5/c1-15-9(7-16)13(17)14(18)12(15)8-4-5-10(19-2)11(6-8)20-3/h4-6,9,12-14,16-18H,7H2,1-3H3/t9-,12+,13-,14-/m1/s1. The van der Waals surface area contributed by atoms with Crippen LogP contribution in [-0.2, 0) is 0 Å². The van der Waals surface area contributed by atoms with Crippen molar-refractivity contribution in [2.45, 2.75) is 24.3 Å². The van der Waals surface area contributed by atoms with Gasteiger partial charge >= 0.3 is 0 Å². The molecule has 2 rings (SSSR count). The van der Waals surface area contributed by atoms with E-state index in [0.717, 1.165) is 5.56 Å². The summed E-state index contributed by atoms with van der Waals surface area (Å²) in [7, 11) is 4.86. The number of benzene rings is 1. The van der Waals surface area contributed by atoms with Crippen molar-refractivity contribution in [3.05, 3.63) is 23.8 Å². The predicted octanol–water partition coefficient (Wildman–Crippen LogP) is -0.227. The van der Waals surface area contributed by atoms with Crippen LogP contribution in [0.2, 0.25) is 0 Å². The van der Waals surface area contributed by atoms with Crippen molar-refractivity contribution in [3.8, 4) is 11.5 Å². The van der Waals surface area contributed by atoms with E-state index in [0.29, 0.717) is 11.5 Å². The first-order chi connectivity index (χ1) is 9.54. The molecular weight excluding hydrogens is 262 g/mol. The lowest BCUT2D eigenvalue weighted by atomic mass is 10.0. The maximum Gasteiger partial charge on any atom is 0.161 e. The Kier molecular flexibility index (Phi) is 4.49. The summed E-state index contributed by atoms with van der Waals surface area (Å²) in [6.45, 7) is -0.210. The highest BCUT2D eigenvalue weighted by Crippen LogP contribution is 2.38. The average molecular weight is 283 g/mol. The molecule has 0 radical (unpaired) electrons. The second kappa shape index (κ2) is 5.97. The van der Waals surface area contributed by atoms with Crippen molar-refractivity contribution in [1.82, 2.24) is 4.90 Å². The molecule has 112 valence electrons. The second-order valence-corrected chi connectivity index (χ2v) is 4.96. The molecule has 0 bridgehead atoms. The zero-order chi connectivity index (χ0) is 14.9. The fraction of sp³-hybridized carbons (Fsp3) is 0.571. The zero-order valence-corrected chi connectivity index (χ0v) is 11.9. The second-order valence-electron chi connectivity index (χ2n) is 4.96. The van der Waals surface area contributed by atoms with Crippen LogP contribution in [0.25, 0.3) is 0 Å². The predicted molar refractivity (Wildman–Crippen MR) is 72.9 cm³/mol. The number of methoxy groups -OCH3 is 2. The van der Waals surface area contributed by atoms with Crippen LogP contribution < -0.4 is 9.47 Å². The Hall–Kier alpha value is -1.34. The summed E-state index contributed by atoms with van der Waals surface area (Å²) >= 11 is 0. The maximum absolute atomic E-state index is 10.2. The SMILES string of the molecule is COc1ccc([C@H]2[C@@H](O)[C@H](O)[C@@H](CO)N2C)cc1OC. The van der Waals surface area contributed by atoms with E-state index in [-0.39, 0.29) is 6.61 Å². The van der Waals surface area contributed by atoms with E-state index in [1.807, 2.05) is 6.07 Å². The summed E-state index contributed by atoms with van der Waals surface area (Å²) in [6, 6.07) is 4.46. The van der Waals surface area contributed by atoms with Gasteiger partial charge in [0.1, 0.15) is 6.10 Å². The Labute approximate surface area is 118 Å². The van der Waals surface area contributed by atoms with Crippen LogP contribution >= 0.6 is 0 Å². The smallest absolute Gasteiger partial charge is 0.161 e. The number of likely N-dealkylation sites (tertiary alicyclic amines) is 1. The Morgan fingerprint density at radius 1 is 1.10 bits per heavy atom. The third-order valence-electron chi connectivity index (χ3n) is 3.97. The molecule has 20 heavy (non-hydrogen) atoms. The highest BCUT2D eigenvalue weighted by molar-refractivity contribution is 5.44. The normalized spacial score (nSPS) is 30.5. The van der Waals surface area contributed by atoms with Crippen LogP contribution in [0.1, 0.15) is 11.6 Å². The molecule has 3 N–H and O–H groups in total. The van der Waals surface area contributed by atoms with Crippen molar-refractivity contribution in [2.24, 2.45) is 0 Å². The van der Waals surface area contributed by atoms with E-state index in [4.69, 9.17) is 9.47 Å². The van der Waals surface area contributed by atoms with Gasteiger partial charge in [-0.05, 0) is 24.7 Å². The third-order valence-corrected chi connectivity index (χ3v) is 3.97. The summed E-state index contributed by atoms with van der Waals surface area (Å²) in [5.74, 6) is 1.16. The Bertz CT molecular complexity index is 467. The minimum atomic E-state index is -0.983. The van der Waals surface area contributed by atoms with Gasteiger partial charge in [0.15, 0.2) is 11.5 Å². The summed E-state index contributed by atoms with van der Waals surface area (Å²) in [5, 5.41) is 29.5.